The summed E-state index contributed by atoms with van der Waals surface area (Å²) in [7, 11) is 1.25. The van der Waals surface area contributed by atoms with E-state index in [2.05, 4.69) is 30.2 Å². The largest absolute Gasteiger partial charge is 0.468 e. The lowest BCUT2D eigenvalue weighted by atomic mass is 10.0. The molecule has 4 rings (SSSR count). The highest BCUT2D eigenvalue weighted by molar-refractivity contribution is 6.07. The van der Waals surface area contributed by atoms with Crippen LogP contribution in [0.1, 0.15) is 41.6 Å². The lowest BCUT2D eigenvalue weighted by Gasteiger charge is -2.35. The third kappa shape index (κ3) is 8.00. The van der Waals surface area contributed by atoms with E-state index in [1.165, 1.54) is 13.3 Å². The third-order valence-electron chi connectivity index (χ3n) is 6.67. The Morgan fingerprint density at radius 3 is 2.31 bits per heavy atom. The van der Waals surface area contributed by atoms with Crippen LogP contribution >= 0.6 is 0 Å². The highest BCUT2D eigenvalue weighted by atomic mass is 16.6. The predicted octanol–water partition coefficient (Wildman–Crippen LogP) is 2.48. The van der Waals surface area contributed by atoms with Crippen LogP contribution < -0.4 is 10.6 Å². The standard InChI is InChI=1S/C30H36N6O6/c1-30(2,3)42-29(40)36-15-13-35(14-16-36)12-11-32-28(39)25-8-6-21(18-33-25)20-5-7-24-23(17-20)22(9-10-31-24)27(38)34-19-26(37)41-4/h5-10,17-18H,11-16,19H2,1-4H3,(H,32,39)(H,34,38). The van der Waals surface area contributed by atoms with Gasteiger partial charge in [0.2, 0.25) is 0 Å². The minimum Gasteiger partial charge on any atom is -0.468 e. The van der Waals surface area contributed by atoms with E-state index in [0.717, 1.165) is 11.1 Å². The molecular formula is C30H36N6O6. The van der Waals surface area contributed by atoms with Gasteiger partial charge in [-0.05, 0) is 50.6 Å². The summed E-state index contributed by atoms with van der Waals surface area (Å²) < 4.78 is 10.0. The van der Waals surface area contributed by atoms with Gasteiger partial charge in [-0.25, -0.2) is 4.79 Å². The summed E-state index contributed by atoms with van der Waals surface area (Å²) in [4.78, 5) is 61.6. The summed E-state index contributed by atoms with van der Waals surface area (Å²) in [6, 6.07) is 10.5. The molecule has 3 amide bonds. The number of benzene rings is 1. The number of aromatic nitrogens is 2. The van der Waals surface area contributed by atoms with Crippen molar-refractivity contribution in [3.63, 3.8) is 0 Å². The molecule has 2 N–H and O–H groups in total. The van der Waals surface area contributed by atoms with Gasteiger partial charge in [0.05, 0.1) is 18.2 Å². The Morgan fingerprint density at radius 1 is 0.905 bits per heavy atom. The first-order chi connectivity index (χ1) is 20.0. The van der Waals surface area contributed by atoms with Crippen molar-refractivity contribution in [2.45, 2.75) is 26.4 Å². The molecule has 1 aromatic carbocycles. The highest BCUT2D eigenvalue weighted by Gasteiger charge is 2.25. The van der Waals surface area contributed by atoms with Crippen LogP contribution in [0.2, 0.25) is 0 Å². The molecule has 1 fully saturated rings. The van der Waals surface area contributed by atoms with Crippen molar-refractivity contribution in [1.29, 1.82) is 0 Å². The fraction of sp³-hybridized carbons (Fsp3) is 0.400. The molecule has 0 spiro atoms. The van der Waals surface area contributed by atoms with Gasteiger partial charge in [0.25, 0.3) is 11.8 Å². The van der Waals surface area contributed by atoms with E-state index in [-0.39, 0.29) is 18.5 Å². The average Bonchev–Trinajstić information content (AvgIpc) is 2.98. The maximum Gasteiger partial charge on any atom is 0.410 e. The van der Waals surface area contributed by atoms with E-state index in [1.807, 2.05) is 32.9 Å². The van der Waals surface area contributed by atoms with Gasteiger partial charge in [0.15, 0.2) is 0 Å². The molecule has 1 aliphatic heterocycles. The highest BCUT2D eigenvalue weighted by Crippen LogP contribution is 2.25. The normalized spacial score (nSPS) is 13.9. The number of methoxy groups -OCH3 is 1. The van der Waals surface area contributed by atoms with E-state index in [0.29, 0.717) is 61.4 Å². The molecule has 0 unspecified atom stereocenters. The van der Waals surface area contributed by atoms with Crippen LogP contribution in [0, 0.1) is 0 Å². The predicted molar refractivity (Wildman–Crippen MR) is 156 cm³/mol. The van der Waals surface area contributed by atoms with Crippen LogP contribution in [-0.2, 0) is 14.3 Å². The van der Waals surface area contributed by atoms with Gasteiger partial charge in [-0.1, -0.05) is 12.1 Å². The van der Waals surface area contributed by atoms with Gasteiger partial charge in [0, 0.05) is 62.6 Å². The van der Waals surface area contributed by atoms with E-state index in [9.17, 15) is 19.2 Å². The molecule has 2 aromatic heterocycles. The zero-order valence-corrected chi connectivity index (χ0v) is 24.3. The molecule has 3 aromatic rings. The smallest absolute Gasteiger partial charge is 0.410 e. The number of hydrogen-bond acceptors (Lipinski definition) is 9. The molecule has 3 heterocycles. The second-order valence-corrected chi connectivity index (χ2v) is 10.8. The maximum atomic E-state index is 12.7. The van der Waals surface area contributed by atoms with Crippen molar-refractivity contribution in [2.24, 2.45) is 0 Å². The van der Waals surface area contributed by atoms with Gasteiger partial charge in [-0.2, -0.15) is 0 Å². The molecule has 0 bridgehead atoms. The molecule has 0 atom stereocenters. The van der Waals surface area contributed by atoms with Crippen molar-refractivity contribution >= 4 is 34.8 Å². The van der Waals surface area contributed by atoms with Crippen molar-refractivity contribution in [3.8, 4) is 11.1 Å². The quantitative estimate of drug-likeness (QED) is 0.387. The molecule has 0 aliphatic carbocycles. The summed E-state index contributed by atoms with van der Waals surface area (Å²) in [6.07, 6.45) is 2.85. The Bertz CT molecular complexity index is 1440. The van der Waals surface area contributed by atoms with E-state index in [4.69, 9.17) is 4.74 Å². The fourth-order valence-electron chi connectivity index (χ4n) is 4.44. The van der Waals surface area contributed by atoms with Crippen LogP contribution in [0.25, 0.3) is 22.0 Å². The van der Waals surface area contributed by atoms with Crippen LogP contribution in [0.3, 0.4) is 0 Å². The summed E-state index contributed by atoms with van der Waals surface area (Å²) >= 11 is 0. The molecule has 1 aliphatic rings. The monoisotopic (exact) mass is 576 g/mol. The molecule has 0 radical (unpaired) electrons. The summed E-state index contributed by atoms with van der Waals surface area (Å²) in [5.41, 5.74) is 2.33. The molecule has 42 heavy (non-hydrogen) atoms. The number of hydrogen-bond donors (Lipinski definition) is 2. The SMILES string of the molecule is COC(=O)CNC(=O)c1ccnc2ccc(-c3ccc(C(=O)NCCN4CCN(C(=O)OC(C)(C)C)CC4)nc3)cc12. The van der Waals surface area contributed by atoms with Crippen LogP contribution in [-0.4, -0.2) is 102 Å². The maximum absolute atomic E-state index is 12.7. The van der Waals surface area contributed by atoms with Gasteiger partial charge >= 0.3 is 12.1 Å². The molecule has 1 saturated heterocycles. The third-order valence-corrected chi connectivity index (χ3v) is 6.67. The van der Waals surface area contributed by atoms with Gasteiger partial charge in [-0.15, -0.1) is 0 Å². The van der Waals surface area contributed by atoms with Crippen molar-refractivity contribution in [2.75, 3.05) is 52.9 Å². The molecule has 12 nitrogen and oxygen atoms in total. The minimum absolute atomic E-state index is 0.239. The van der Waals surface area contributed by atoms with Crippen LogP contribution in [0.15, 0.2) is 48.8 Å². The summed E-state index contributed by atoms with van der Waals surface area (Å²) in [6.45, 7) is 8.99. The Labute approximate surface area is 244 Å². The van der Waals surface area contributed by atoms with E-state index in [1.54, 1.807) is 35.4 Å². The lowest BCUT2D eigenvalue weighted by molar-refractivity contribution is -0.139. The number of piperazine rings is 1. The number of nitrogens with one attached hydrogen (secondary N) is 2. The molecule has 12 heteroatoms. The Hall–Kier alpha value is -4.58. The minimum atomic E-state index is -0.546. The molecule has 0 saturated carbocycles. The number of esters is 1. The Balaban J connectivity index is 1.31. The Kier molecular flexibility index (Phi) is 9.68. The van der Waals surface area contributed by atoms with Gasteiger partial charge < -0.3 is 25.0 Å². The number of ether oxygens (including phenoxy) is 2. The van der Waals surface area contributed by atoms with Crippen molar-refractivity contribution in [1.82, 2.24) is 30.4 Å². The van der Waals surface area contributed by atoms with Crippen molar-refractivity contribution in [3.05, 3.63) is 60.0 Å². The number of carbonyl (C=O) groups excluding carboxylic acids is 4. The first-order valence-electron chi connectivity index (χ1n) is 13.7. The van der Waals surface area contributed by atoms with Crippen LogP contribution in [0.4, 0.5) is 4.79 Å². The van der Waals surface area contributed by atoms with Gasteiger partial charge in [0.1, 0.15) is 17.8 Å². The number of carbonyl (C=O) groups is 4. The second kappa shape index (κ2) is 13.4. The summed E-state index contributed by atoms with van der Waals surface area (Å²) in [5, 5.41) is 6.07. The molecular weight excluding hydrogens is 540 g/mol. The second-order valence-electron chi connectivity index (χ2n) is 10.8. The number of pyridine rings is 2. The fourth-order valence-corrected chi connectivity index (χ4v) is 4.44. The first-order valence-corrected chi connectivity index (χ1v) is 13.7. The first kappa shape index (κ1) is 30.4. The topological polar surface area (TPSA) is 143 Å². The average molecular weight is 577 g/mol. The van der Waals surface area contributed by atoms with E-state index < -0.39 is 17.5 Å². The number of amides is 3. The van der Waals surface area contributed by atoms with Crippen LogP contribution in [0.5, 0.6) is 0 Å². The van der Waals surface area contributed by atoms with Crippen molar-refractivity contribution < 1.29 is 28.7 Å². The molecule has 222 valence electrons. The van der Waals surface area contributed by atoms with E-state index >= 15 is 0 Å². The number of fused-ring (bicyclic) bond motifs is 1. The zero-order valence-electron chi connectivity index (χ0n) is 24.3. The lowest BCUT2D eigenvalue weighted by Crippen LogP contribution is -2.51. The zero-order chi connectivity index (χ0) is 30.3. The Morgan fingerprint density at radius 2 is 1.64 bits per heavy atom. The number of nitrogens with zero attached hydrogens (tertiary/aromatic N) is 4. The van der Waals surface area contributed by atoms with Gasteiger partial charge in [-0.3, -0.25) is 29.3 Å². The number of rotatable bonds is 8. The summed E-state index contributed by atoms with van der Waals surface area (Å²) in [5.74, 6) is -1.24.